The standard InChI is InChI=1S/C12H16BrN3S2/c1-8(2)14-7-3-4-11-15-16-12(18-11)9-5-6-10(13)17-9/h5-6,8,14H,3-4,7H2,1-2H3. The van der Waals surface area contributed by atoms with Crippen LogP contribution in [-0.2, 0) is 6.42 Å². The Hall–Kier alpha value is -0.300. The van der Waals surface area contributed by atoms with Gasteiger partial charge in [0.2, 0.25) is 0 Å². The molecule has 98 valence electrons. The van der Waals surface area contributed by atoms with Crippen molar-refractivity contribution in [2.24, 2.45) is 0 Å². The zero-order chi connectivity index (χ0) is 13.0. The molecule has 2 rings (SSSR count). The van der Waals surface area contributed by atoms with Crippen LogP contribution in [0.2, 0.25) is 0 Å². The van der Waals surface area contributed by atoms with Crippen LogP contribution in [0.1, 0.15) is 25.3 Å². The number of aromatic nitrogens is 2. The summed E-state index contributed by atoms with van der Waals surface area (Å²) < 4.78 is 1.13. The highest BCUT2D eigenvalue weighted by Gasteiger charge is 2.08. The number of halogens is 1. The molecule has 0 amide bonds. The third kappa shape index (κ3) is 4.12. The zero-order valence-corrected chi connectivity index (χ0v) is 13.7. The van der Waals surface area contributed by atoms with Crippen molar-refractivity contribution in [1.82, 2.24) is 15.5 Å². The van der Waals surface area contributed by atoms with Crippen LogP contribution >= 0.6 is 38.6 Å². The van der Waals surface area contributed by atoms with Crippen molar-refractivity contribution in [3.63, 3.8) is 0 Å². The Bertz CT molecular complexity index is 493. The van der Waals surface area contributed by atoms with E-state index in [1.165, 1.54) is 4.88 Å². The Balaban J connectivity index is 1.86. The molecule has 0 aliphatic carbocycles. The first-order valence-corrected chi connectivity index (χ1v) is 8.39. The molecule has 1 N–H and O–H groups in total. The summed E-state index contributed by atoms with van der Waals surface area (Å²) in [5.41, 5.74) is 0. The van der Waals surface area contributed by atoms with E-state index in [0.717, 1.165) is 33.2 Å². The van der Waals surface area contributed by atoms with Gasteiger partial charge in [-0.25, -0.2) is 0 Å². The highest BCUT2D eigenvalue weighted by atomic mass is 79.9. The first-order chi connectivity index (χ1) is 8.65. The lowest BCUT2D eigenvalue weighted by Crippen LogP contribution is -2.23. The summed E-state index contributed by atoms with van der Waals surface area (Å²) in [5, 5.41) is 14.1. The molecule has 0 aromatic carbocycles. The second kappa shape index (κ2) is 6.75. The summed E-state index contributed by atoms with van der Waals surface area (Å²) in [4.78, 5) is 1.19. The van der Waals surface area contributed by atoms with E-state index in [-0.39, 0.29) is 0 Å². The van der Waals surface area contributed by atoms with Crippen molar-refractivity contribution in [2.45, 2.75) is 32.7 Å². The first kappa shape index (κ1) is 14.1. The number of aryl methyl sites for hydroxylation is 1. The fourth-order valence-corrected chi connectivity index (χ4v) is 3.83. The number of thiophene rings is 1. The van der Waals surface area contributed by atoms with E-state index in [1.54, 1.807) is 22.7 Å². The molecule has 0 saturated carbocycles. The smallest absolute Gasteiger partial charge is 0.157 e. The van der Waals surface area contributed by atoms with E-state index in [2.05, 4.69) is 51.4 Å². The largest absolute Gasteiger partial charge is 0.315 e. The van der Waals surface area contributed by atoms with Crippen LogP contribution in [-0.4, -0.2) is 22.8 Å². The molecule has 0 aliphatic rings. The molecule has 0 saturated heterocycles. The van der Waals surface area contributed by atoms with Gasteiger partial charge in [0.15, 0.2) is 5.01 Å². The van der Waals surface area contributed by atoms with E-state index in [9.17, 15) is 0 Å². The van der Waals surface area contributed by atoms with Crippen LogP contribution in [0.15, 0.2) is 15.9 Å². The molecular weight excluding hydrogens is 330 g/mol. The molecule has 0 aliphatic heterocycles. The molecular formula is C12H16BrN3S2. The average molecular weight is 346 g/mol. The second-order valence-electron chi connectivity index (χ2n) is 4.32. The fraction of sp³-hybridized carbons (Fsp3) is 0.500. The molecule has 3 nitrogen and oxygen atoms in total. The van der Waals surface area contributed by atoms with Crippen molar-refractivity contribution in [3.05, 3.63) is 20.9 Å². The highest BCUT2D eigenvalue weighted by Crippen LogP contribution is 2.33. The third-order valence-corrected chi connectivity index (χ3v) is 5.15. The summed E-state index contributed by atoms with van der Waals surface area (Å²) in [6, 6.07) is 4.69. The zero-order valence-electron chi connectivity index (χ0n) is 10.4. The number of hydrogen-bond donors (Lipinski definition) is 1. The molecule has 0 radical (unpaired) electrons. The predicted molar refractivity (Wildman–Crippen MR) is 82.4 cm³/mol. The van der Waals surface area contributed by atoms with Gasteiger partial charge in [-0.2, -0.15) is 0 Å². The number of rotatable bonds is 6. The Labute approximate surface area is 124 Å². The van der Waals surface area contributed by atoms with Crippen molar-refractivity contribution in [2.75, 3.05) is 6.54 Å². The molecule has 18 heavy (non-hydrogen) atoms. The summed E-state index contributed by atoms with van der Waals surface area (Å²) in [6.45, 7) is 5.37. The maximum atomic E-state index is 4.25. The van der Waals surface area contributed by atoms with Gasteiger partial charge in [0.05, 0.1) is 8.66 Å². The molecule has 0 unspecified atom stereocenters. The Morgan fingerprint density at radius 3 is 2.78 bits per heavy atom. The quantitative estimate of drug-likeness (QED) is 0.805. The normalized spacial score (nSPS) is 11.3. The SMILES string of the molecule is CC(C)NCCCc1nnc(-c2ccc(Br)s2)s1. The molecule has 2 heterocycles. The van der Waals surface area contributed by atoms with Gasteiger partial charge in [-0.3, -0.25) is 0 Å². The van der Waals surface area contributed by atoms with E-state index in [0.29, 0.717) is 6.04 Å². The molecule has 0 spiro atoms. The van der Waals surface area contributed by atoms with E-state index in [1.807, 2.05) is 6.07 Å². The van der Waals surface area contributed by atoms with Gasteiger partial charge < -0.3 is 5.32 Å². The minimum absolute atomic E-state index is 0.554. The second-order valence-corrected chi connectivity index (χ2v) is 7.84. The minimum atomic E-state index is 0.554. The van der Waals surface area contributed by atoms with Crippen LogP contribution in [0.25, 0.3) is 9.88 Å². The van der Waals surface area contributed by atoms with E-state index in [4.69, 9.17) is 0 Å². The maximum absolute atomic E-state index is 4.25. The van der Waals surface area contributed by atoms with Gasteiger partial charge in [-0.05, 0) is 41.0 Å². The number of nitrogens with one attached hydrogen (secondary N) is 1. The van der Waals surface area contributed by atoms with Crippen molar-refractivity contribution in [1.29, 1.82) is 0 Å². The highest BCUT2D eigenvalue weighted by molar-refractivity contribution is 9.11. The van der Waals surface area contributed by atoms with Gasteiger partial charge in [-0.1, -0.05) is 25.2 Å². The van der Waals surface area contributed by atoms with Crippen molar-refractivity contribution < 1.29 is 0 Å². The Morgan fingerprint density at radius 2 is 2.11 bits per heavy atom. The minimum Gasteiger partial charge on any atom is -0.315 e. The summed E-state index contributed by atoms with van der Waals surface area (Å²) in [7, 11) is 0. The summed E-state index contributed by atoms with van der Waals surface area (Å²) in [6.07, 6.45) is 2.12. The Morgan fingerprint density at radius 1 is 1.28 bits per heavy atom. The lowest BCUT2D eigenvalue weighted by molar-refractivity contribution is 0.569. The molecule has 0 bridgehead atoms. The van der Waals surface area contributed by atoms with Gasteiger partial charge in [0.25, 0.3) is 0 Å². The van der Waals surface area contributed by atoms with Crippen LogP contribution in [0, 0.1) is 0 Å². The summed E-state index contributed by atoms with van der Waals surface area (Å²) in [5.74, 6) is 0. The molecule has 0 atom stereocenters. The molecule has 2 aromatic heterocycles. The Kier molecular flexibility index (Phi) is 5.29. The molecule has 6 heteroatoms. The van der Waals surface area contributed by atoms with Gasteiger partial charge in [0.1, 0.15) is 5.01 Å². The fourth-order valence-electron chi connectivity index (χ4n) is 1.51. The summed E-state index contributed by atoms with van der Waals surface area (Å²) >= 11 is 6.86. The topological polar surface area (TPSA) is 37.8 Å². The van der Waals surface area contributed by atoms with Gasteiger partial charge >= 0.3 is 0 Å². The lowest BCUT2D eigenvalue weighted by atomic mass is 10.3. The van der Waals surface area contributed by atoms with Crippen LogP contribution in [0.5, 0.6) is 0 Å². The van der Waals surface area contributed by atoms with Gasteiger partial charge in [0, 0.05) is 12.5 Å². The van der Waals surface area contributed by atoms with E-state index < -0.39 is 0 Å². The van der Waals surface area contributed by atoms with Crippen molar-refractivity contribution in [3.8, 4) is 9.88 Å². The van der Waals surface area contributed by atoms with Crippen molar-refractivity contribution >= 4 is 38.6 Å². The predicted octanol–water partition coefficient (Wildman–Crippen LogP) is 3.96. The van der Waals surface area contributed by atoms with E-state index >= 15 is 0 Å². The average Bonchev–Trinajstić information content (AvgIpc) is 2.93. The monoisotopic (exact) mass is 345 g/mol. The molecule has 0 fully saturated rings. The van der Waals surface area contributed by atoms with Crippen LogP contribution in [0.4, 0.5) is 0 Å². The van der Waals surface area contributed by atoms with Crippen LogP contribution in [0.3, 0.4) is 0 Å². The maximum Gasteiger partial charge on any atom is 0.157 e. The van der Waals surface area contributed by atoms with Gasteiger partial charge in [-0.15, -0.1) is 21.5 Å². The molecule has 2 aromatic rings. The number of nitrogens with zero attached hydrogens (tertiary/aromatic N) is 2. The first-order valence-electron chi connectivity index (χ1n) is 5.96. The lowest BCUT2D eigenvalue weighted by Gasteiger charge is -2.05. The number of hydrogen-bond acceptors (Lipinski definition) is 5. The third-order valence-electron chi connectivity index (χ3n) is 2.37. The van der Waals surface area contributed by atoms with Crippen LogP contribution < -0.4 is 5.32 Å².